The lowest BCUT2D eigenvalue weighted by atomic mass is 9.93. The van der Waals surface area contributed by atoms with Crippen molar-refractivity contribution in [3.05, 3.63) is 35.9 Å². The molecule has 2 rings (SSSR count). The van der Waals surface area contributed by atoms with Crippen LogP contribution in [0.5, 0.6) is 0 Å². The van der Waals surface area contributed by atoms with Crippen LogP contribution in [-0.2, 0) is 4.43 Å². The Balaban J connectivity index is 2.05. The monoisotopic (exact) mass is 307 g/mol. The van der Waals surface area contributed by atoms with E-state index in [1.165, 1.54) is 6.20 Å². The van der Waals surface area contributed by atoms with E-state index in [4.69, 9.17) is 4.43 Å². The van der Waals surface area contributed by atoms with Crippen LogP contribution in [0.15, 0.2) is 24.4 Å². The van der Waals surface area contributed by atoms with Gasteiger partial charge in [0.25, 0.3) is 0 Å². The molecular weight excluding hydrogens is 281 g/mol. The largest absolute Gasteiger partial charge is 0.414 e. The van der Waals surface area contributed by atoms with Crippen molar-refractivity contribution < 1.29 is 8.82 Å². The summed E-state index contributed by atoms with van der Waals surface area (Å²) in [4.78, 5) is 3.73. The SMILES string of the molecule is CC(C)(C)[Si](C)(C)OC1CC=C(c2cccnc2F)CC1. The summed E-state index contributed by atoms with van der Waals surface area (Å²) in [5.41, 5.74) is 1.71. The topological polar surface area (TPSA) is 22.1 Å². The summed E-state index contributed by atoms with van der Waals surface area (Å²) >= 11 is 0. The zero-order chi connectivity index (χ0) is 15.7. The predicted octanol–water partition coefficient (Wildman–Crippen LogP) is 5.18. The third-order valence-electron chi connectivity index (χ3n) is 4.74. The number of aromatic nitrogens is 1. The molecule has 116 valence electrons. The summed E-state index contributed by atoms with van der Waals surface area (Å²) in [6.07, 6.45) is 6.59. The van der Waals surface area contributed by atoms with E-state index in [1.807, 2.05) is 6.07 Å². The van der Waals surface area contributed by atoms with Crippen LogP contribution < -0.4 is 0 Å². The summed E-state index contributed by atoms with van der Waals surface area (Å²) in [5.74, 6) is -0.368. The van der Waals surface area contributed by atoms with Crippen LogP contribution >= 0.6 is 0 Å². The van der Waals surface area contributed by atoms with Crippen molar-refractivity contribution in [2.75, 3.05) is 0 Å². The Morgan fingerprint density at radius 3 is 2.57 bits per heavy atom. The van der Waals surface area contributed by atoms with Crippen LogP contribution in [0.1, 0.15) is 45.6 Å². The summed E-state index contributed by atoms with van der Waals surface area (Å²) < 4.78 is 20.2. The van der Waals surface area contributed by atoms with Crippen molar-refractivity contribution in [3.63, 3.8) is 0 Å². The maximum Gasteiger partial charge on any atom is 0.220 e. The molecule has 1 aromatic rings. The average Bonchev–Trinajstić information content (AvgIpc) is 2.39. The molecule has 0 fully saturated rings. The van der Waals surface area contributed by atoms with Crippen molar-refractivity contribution in [1.29, 1.82) is 0 Å². The van der Waals surface area contributed by atoms with Gasteiger partial charge in [-0.25, -0.2) is 4.98 Å². The molecule has 0 aliphatic heterocycles. The molecular formula is C17H26FNOSi. The molecule has 1 aliphatic carbocycles. The van der Waals surface area contributed by atoms with E-state index >= 15 is 0 Å². The molecule has 0 bridgehead atoms. The van der Waals surface area contributed by atoms with Crippen LogP contribution in [0.2, 0.25) is 18.1 Å². The molecule has 1 aromatic heterocycles. The Hall–Kier alpha value is -1.00. The van der Waals surface area contributed by atoms with Gasteiger partial charge in [0.1, 0.15) is 0 Å². The fourth-order valence-electron chi connectivity index (χ4n) is 2.38. The first-order valence-electron chi connectivity index (χ1n) is 7.68. The molecule has 0 spiro atoms. The summed E-state index contributed by atoms with van der Waals surface area (Å²) in [6.45, 7) is 11.3. The molecule has 2 nitrogen and oxygen atoms in total. The van der Waals surface area contributed by atoms with Gasteiger partial charge in [0.2, 0.25) is 5.95 Å². The van der Waals surface area contributed by atoms with Gasteiger partial charge >= 0.3 is 0 Å². The van der Waals surface area contributed by atoms with Crippen LogP contribution in [0.4, 0.5) is 4.39 Å². The Labute approximate surface area is 128 Å². The van der Waals surface area contributed by atoms with Gasteiger partial charge in [-0.2, -0.15) is 4.39 Å². The van der Waals surface area contributed by atoms with E-state index in [1.54, 1.807) is 6.07 Å². The lowest BCUT2D eigenvalue weighted by Crippen LogP contribution is -2.44. The third kappa shape index (κ3) is 3.80. The Bertz CT molecular complexity index is 534. The summed E-state index contributed by atoms with van der Waals surface area (Å²) in [6, 6.07) is 3.60. The summed E-state index contributed by atoms with van der Waals surface area (Å²) in [7, 11) is -1.72. The molecule has 0 amide bonds. The smallest absolute Gasteiger partial charge is 0.220 e. The van der Waals surface area contributed by atoms with E-state index in [0.29, 0.717) is 5.56 Å². The minimum atomic E-state index is -1.72. The maximum absolute atomic E-state index is 13.7. The fourth-order valence-corrected chi connectivity index (χ4v) is 3.78. The van der Waals surface area contributed by atoms with Gasteiger partial charge in [-0.15, -0.1) is 0 Å². The molecule has 1 aliphatic rings. The average molecular weight is 307 g/mol. The molecule has 0 aromatic carbocycles. The van der Waals surface area contributed by atoms with E-state index in [2.05, 4.69) is 44.9 Å². The van der Waals surface area contributed by atoms with Crippen molar-refractivity contribution in [3.8, 4) is 0 Å². The molecule has 1 heterocycles. The van der Waals surface area contributed by atoms with E-state index in [9.17, 15) is 4.39 Å². The van der Waals surface area contributed by atoms with E-state index in [-0.39, 0.29) is 17.1 Å². The normalized spacial score (nSPS) is 20.3. The number of hydrogen-bond acceptors (Lipinski definition) is 2. The lowest BCUT2D eigenvalue weighted by molar-refractivity contribution is 0.172. The molecule has 4 heteroatoms. The highest BCUT2D eigenvalue weighted by atomic mass is 28.4. The fraction of sp³-hybridized carbons (Fsp3) is 0.588. The molecule has 0 saturated heterocycles. The number of halogens is 1. The number of rotatable bonds is 3. The van der Waals surface area contributed by atoms with E-state index < -0.39 is 8.32 Å². The van der Waals surface area contributed by atoms with Crippen LogP contribution in [0.25, 0.3) is 5.57 Å². The van der Waals surface area contributed by atoms with E-state index in [0.717, 1.165) is 24.8 Å². The number of pyridine rings is 1. The van der Waals surface area contributed by atoms with Gasteiger partial charge in [0, 0.05) is 17.9 Å². The maximum atomic E-state index is 13.7. The van der Waals surface area contributed by atoms with Crippen molar-refractivity contribution in [1.82, 2.24) is 4.98 Å². The lowest BCUT2D eigenvalue weighted by Gasteiger charge is -2.40. The molecule has 21 heavy (non-hydrogen) atoms. The first-order valence-corrected chi connectivity index (χ1v) is 10.6. The van der Waals surface area contributed by atoms with Crippen LogP contribution in [-0.4, -0.2) is 19.4 Å². The van der Waals surface area contributed by atoms with Crippen LogP contribution in [0, 0.1) is 5.95 Å². The zero-order valence-corrected chi connectivity index (χ0v) is 14.7. The minimum absolute atomic E-state index is 0.229. The van der Waals surface area contributed by atoms with Gasteiger partial charge in [-0.1, -0.05) is 26.8 Å². The third-order valence-corrected chi connectivity index (χ3v) is 9.27. The van der Waals surface area contributed by atoms with Crippen LogP contribution in [0.3, 0.4) is 0 Å². The molecule has 0 N–H and O–H groups in total. The number of hydrogen-bond donors (Lipinski definition) is 0. The zero-order valence-electron chi connectivity index (χ0n) is 13.7. The second kappa shape index (κ2) is 6.01. The first-order chi connectivity index (χ1) is 9.71. The molecule has 1 atom stereocenters. The van der Waals surface area contributed by atoms with Crippen molar-refractivity contribution in [2.45, 2.75) is 64.3 Å². The highest BCUT2D eigenvalue weighted by Crippen LogP contribution is 2.39. The molecule has 0 radical (unpaired) electrons. The highest BCUT2D eigenvalue weighted by molar-refractivity contribution is 6.74. The minimum Gasteiger partial charge on any atom is -0.414 e. The predicted molar refractivity (Wildman–Crippen MR) is 88.1 cm³/mol. The van der Waals surface area contributed by atoms with Gasteiger partial charge < -0.3 is 4.43 Å². The Morgan fingerprint density at radius 2 is 2.05 bits per heavy atom. The number of allylic oxidation sites excluding steroid dienone is 1. The quantitative estimate of drug-likeness (QED) is 0.567. The van der Waals surface area contributed by atoms with Gasteiger partial charge in [-0.3, -0.25) is 0 Å². The van der Waals surface area contributed by atoms with Crippen molar-refractivity contribution in [2.24, 2.45) is 0 Å². The second-order valence-electron chi connectivity index (χ2n) is 7.35. The molecule has 0 saturated carbocycles. The highest BCUT2D eigenvalue weighted by Gasteiger charge is 2.39. The van der Waals surface area contributed by atoms with Gasteiger partial charge in [0.05, 0.1) is 0 Å². The second-order valence-corrected chi connectivity index (χ2v) is 12.1. The Morgan fingerprint density at radius 1 is 1.33 bits per heavy atom. The summed E-state index contributed by atoms with van der Waals surface area (Å²) in [5, 5.41) is 0.229. The van der Waals surface area contributed by atoms with Crippen molar-refractivity contribution >= 4 is 13.9 Å². The van der Waals surface area contributed by atoms with Gasteiger partial charge in [0.15, 0.2) is 8.32 Å². The Kier molecular flexibility index (Phi) is 4.68. The first kappa shape index (κ1) is 16.4. The number of nitrogens with zero attached hydrogens (tertiary/aromatic N) is 1. The van der Waals surface area contributed by atoms with Gasteiger partial charge in [-0.05, 0) is 55.1 Å². The standard InChI is InChI=1S/C17H26FNOSi/c1-17(2,3)21(4,5)20-14-10-8-13(9-11-14)15-7-6-12-19-16(15)18/h6-8,12,14H,9-11H2,1-5H3. The molecule has 1 unspecified atom stereocenters.